The maximum absolute atomic E-state index is 11.4. The van der Waals surface area contributed by atoms with Crippen molar-refractivity contribution >= 4 is 5.97 Å². The largest absolute Gasteiger partial charge is 0.467 e. The van der Waals surface area contributed by atoms with Gasteiger partial charge in [-0.15, -0.1) is 0 Å². The van der Waals surface area contributed by atoms with Crippen LogP contribution in [0.5, 0.6) is 0 Å². The normalized spacial score (nSPS) is 37.8. The third kappa shape index (κ3) is 2.24. The topological polar surface area (TPSA) is 38.8 Å². The number of carbonyl (C=O) groups excluding carboxylic acids is 1. The molecule has 3 heteroatoms. The van der Waals surface area contributed by atoms with E-state index in [0.717, 1.165) is 24.7 Å². The molecule has 0 aromatic rings. The Kier molecular flexibility index (Phi) is 3.24. The lowest BCUT2D eigenvalue weighted by Gasteiger charge is -2.28. The molecule has 0 amide bonds. The summed E-state index contributed by atoms with van der Waals surface area (Å²) in [5, 5.41) is 0. The van der Waals surface area contributed by atoms with Crippen LogP contribution in [0.3, 0.4) is 0 Å². The van der Waals surface area contributed by atoms with Gasteiger partial charge in [-0.05, 0) is 31.1 Å². The summed E-state index contributed by atoms with van der Waals surface area (Å²) in [5.41, 5.74) is -0.148. The number of rotatable bonds is 3. The summed E-state index contributed by atoms with van der Waals surface area (Å²) in [7, 11) is 1.44. The summed E-state index contributed by atoms with van der Waals surface area (Å²) in [5.74, 6) is 1.27. The Hall–Kier alpha value is -0.570. The molecule has 2 rings (SSSR count). The molecule has 1 saturated carbocycles. The molecule has 0 aromatic carbocycles. The van der Waals surface area contributed by atoms with Gasteiger partial charge in [-0.1, -0.05) is 26.7 Å². The van der Waals surface area contributed by atoms with E-state index in [1.807, 2.05) is 0 Å². The Morgan fingerprint density at radius 2 is 2.31 bits per heavy atom. The van der Waals surface area contributed by atoms with Crippen molar-refractivity contribution in [2.24, 2.45) is 11.8 Å². The summed E-state index contributed by atoms with van der Waals surface area (Å²) in [4.78, 5) is 11.4. The molecule has 0 N–H and O–H groups in total. The molecule has 1 saturated heterocycles. The molecule has 1 spiro atoms. The highest BCUT2D eigenvalue weighted by molar-refractivity contribution is 5.79. The average molecular weight is 226 g/mol. The summed E-state index contributed by atoms with van der Waals surface area (Å²) in [6.45, 7) is 4.51. The minimum atomic E-state index is -0.271. The molecule has 92 valence electrons. The zero-order chi connectivity index (χ0) is 11.8. The Morgan fingerprint density at radius 3 is 2.94 bits per heavy atom. The van der Waals surface area contributed by atoms with Crippen molar-refractivity contribution in [2.45, 2.75) is 57.7 Å². The van der Waals surface area contributed by atoms with Crippen LogP contribution in [0.25, 0.3) is 0 Å². The van der Waals surface area contributed by atoms with Crippen LogP contribution in [0.2, 0.25) is 0 Å². The van der Waals surface area contributed by atoms with Crippen LogP contribution in [0.1, 0.15) is 46.0 Å². The predicted octanol–water partition coefficient (Wildman–Crippen LogP) is 2.53. The van der Waals surface area contributed by atoms with E-state index < -0.39 is 0 Å². The van der Waals surface area contributed by atoms with Gasteiger partial charge in [0, 0.05) is 0 Å². The van der Waals surface area contributed by atoms with Crippen molar-refractivity contribution in [1.29, 1.82) is 0 Å². The average Bonchev–Trinajstić information content (AvgIpc) is 2.90. The third-order valence-corrected chi connectivity index (χ3v) is 3.84. The van der Waals surface area contributed by atoms with Gasteiger partial charge in [0.1, 0.15) is 5.60 Å². The number of ether oxygens (including phenoxy) is 2. The van der Waals surface area contributed by atoms with Gasteiger partial charge >= 0.3 is 5.97 Å². The van der Waals surface area contributed by atoms with Gasteiger partial charge in [0.2, 0.25) is 0 Å². The fourth-order valence-corrected chi connectivity index (χ4v) is 3.17. The molecule has 2 fully saturated rings. The first-order valence-corrected chi connectivity index (χ1v) is 6.33. The van der Waals surface area contributed by atoms with Crippen LogP contribution < -0.4 is 0 Å². The first-order valence-electron chi connectivity index (χ1n) is 6.33. The van der Waals surface area contributed by atoms with Crippen LogP contribution in [0.4, 0.5) is 0 Å². The number of carbonyl (C=O) groups is 1. The molecule has 1 aliphatic heterocycles. The standard InChI is InChI=1S/C13H22O3/c1-9(2)7-10-5-4-6-13(8-10)11(16-13)12(14)15-3/h9-11H,4-8H2,1-3H3. The fourth-order valence-electron chi connectivity index (χ4n) is 3.17. The van der Waals surface area contributed by atoms with Gasteiger partial charge in [-0.2, -0.15) is 0 Å². The molecule has 1 aliphatic carbocycles. The van der Waals surface area contributed by atoms with Gasteiger partial charge < -0.3 is 9.47 Å². The van der Waals surface area contributed by atoms with E-state index >= 15 is 0 Å². The van der Waals surface area contributed by atoms with Crippen molar-refractivity contribution in [3.63, 3.8) is 0 Å². The van der Waals surface area contributed by atoms with Crippen molar-refractivity contribution < 1.29 is 14.3 Å². The quantitative estimate of drug-likeness (QED) is 0.548. The van der Waals surface area contributed by atoms with E-state index in [2.05, 4.69) is 13.8 Å². The maximum Gasteiger partial charge on any atom is 0.338 e. The molecule has 3 atom stereocenters. The van der Waals surface area contributed by atoms with Crippen LogP contribution in [-0.2, 0) is 14.3 Å². The molecular weight excluding hydrogens is 204 g/mol. The summed E-state index contributed by atoms with van der Waals surface area (Å²) in [6.07, 6.45) is 5.53. The number of methoxy groups -OCH3 is 1. The first kappa shape index (κ1) is 11.9. The van der Waals surface area contributed by atoms with E-state index in [9.17, 15) is 4.79 Å². The lowest BCUT2D eigenvalue weighted by Crippen LogP contribution is -2.29. The van der Waals surface area contributed by atoms with Gasteiger partial charge in [0.15, 0.2) is 6.10 Å². The fraction of sp³-hybridized carbons (Fsp3) is 0.923. The Labute approximate surface area is 97.5 Å². The van der Waals surface area contributed by atoms with Crippen LogP contribution >= 0.6 is 0 Å². The zero-order valence-corrected chi connectivity index (χ0v) is 10.5. The lowest BCUT2D eigenvalue weighted by molar-refractivity contribution is -0.142. The highest BCUT2D eigenvalue weighted by Crippen LogP contribution is 2.51. The molecule has 0 radical (unpaired) electrons. The van der Waals surface area contributed by atoms with Gasteiger partial charge in [0.05, 0.1) is 7.11 Å². The monoisotopic (exact) mass is 226 g/mol. The van der Waals surface area contributed by atoms with Crippen molar-refractivity contribution in [3.8, 4) is 0 Å². The van der Waals surface area contributed by atoms with Crippen molar-refractivity contribution in [2.75, 3.05) is 7.11 Å². The number of epoxide rings is 1. The van der Waals surface area contributed by atoms with Gasteiger partial charge in [0.25, 0.3) is 0 Å². The predicted molar refractivity (Wildman–Crippen MR) is 61.0 cm³/mol. The molecule has 0 aromatic heterocycles. The van der Waals surface area contributed by atoms with Gasteiger partial charge in [-0.3, -0.25) is 0 Å². The van der Waals surface area contributed by atoms with Crippen LogP contribution in [0, 0.1) is 11.8 Å². The molecule has 16 heavy (non-hydrogen) atoms. The van der Waals surface area contributed by atoms with Crippen molar-refractivity contribution in [3.05, 3.63) is 0 Å². The third-order valence-electron chi connectivity index (χ3n) is 3.84. The Morgan fingerprint density at radius 1 is 1.56 bits per heavy atom. The van der Waals surface area contributed by atoms with Gasteiger partial charge in [-0.25, -0.2) is 4.79 Å². The minimum absolute atomic E-state index is 0.148. The van der Waals surface area contributed by atoms with E-state index in [1.54, 1.807) is 0 Å². The van der Waals surface area contributed by atoms with Crippen molar-refractivity contribution in [1.82, 2.24) is 0 Å². The Balaban J connectivity index is 1.91. The summed E-state index contributed by atoms with van der Waals surface area (Å²) < 4.78 is 10.4. The number of hydrogen-bond acceptors (Lipinski definition) is 3. The second-order valence-electron chi connectivity index (χ2n) is 5.68. The maximum atomic E-state index is 11.4. The number of hydrogen-bond donors (Lipinski definition) is 0. The minimum Gasteiger partial charge on any atom is -0.467 e. The second kappa shape index (κ2) is 4.36. The molecule has 2 aliphatic rings. The van der Waals surface area contributed by atoms with E-state index in [4.69, 9.17) is 9.47 Å². The highest BCUT2D eigenvalue weighted by Gasteiger charge is 2.62. The smallest absolute Gasteiger partial charge is 0.338 e. The molecule has 1 heterocycles. The van der Waals surface area contributed by atoms with E-state index in [0.29, 0.717) is 0 Å². The first-order chi connectivity index (χ1) is 7.57. The second-order valence-corrected chi connectivity index (χ2v) is 5.68. The molecule has 3 nitrogen and oxygen atoms in total. The highest BCUT2D eigenvalue weighted by atomic mass is 16.7. The van der Waals surface area contributed by atoms with Crippen LogP contribution in [-0.4, -0.2) is 24.8 Å². The van der Waals surface area contributed by atoms with E-state index in [1.165, 1.54) is 26.4 Å². The Bertz CT molecular complexity index is 274. The summed E-state index contributed by atoms with van der Waals surface area (Å²) >= 11 is 0. The molecule has 3 unspecified atom stereocenters. The molecule has 0 bridgehead atoms. The lowest BCUT2D eigenvalue weighted by atomic mass is 9.76. The summed E-state index contributed by atoms with van der Waals surface area (Å²) in [6, 6.07) is 0. The zero-order valence-electron chi connectivity index (χ0n) is 10.5. The number of esters is 1. The molecular formula is C13H22O3. The van der Waals surface area contributed by atoms with Crippen LogP contribution in [0.15, 0.2) is 0 Å². The van der Waals surface area contributed by atoms with E-state index in [-0.39, 0.29) is 17.7 Å². The SMILES string of the molecule is COC(=O)C1OC12CCCC(CC(C)C)C2.